The predicted molar refractivity (Wildman–Crippen MR) is 60.8 cm³/mol. The molecule has 0 aliphatic heterocycles. The molecular weight excluding hydrogens is 202 g/mol. The molecule has 3 heteroatoms. The maximum Gasteiger partial charge on any atom is 0.194 e. The van der Waals surface area contributed by atoms with Crippen LogP contribution in [0.15, 0.2) is 36.5 Å². The van der Waals surface area contributed by atoms with Crippen LogP contribution in [0.5, 0.6) is 0 Å². The van der Waals surface area contributed by atoms with Crippen LogP contribution < -0.4 is 0 Å². The van der Waals surface area contributed by atoms with Gasteiger partial charge in [-0.25, -0.2) is 0 Å². The smallest absolute Gasteiger partial charge is 0.194 e. The summed E-state index contributed by atoms with van der Waals surface area (Å²) in [5.74, 6) is -0.0759. The molecule has 0 saturated carbocycles. The summed E-state index contributed by atoms with van der Waals surface area (Å²) in [4.78, 5) is 25.2. The summed E-state index contributed by atoms with van der Waals surface area (Å²) in [7, 11) is 0. The van der Waals surface area contributed by atoms with Crippen LogP contribution in [-0.2, 0) is 0 Å². The molecular formula is C13H11NO2. The average Bonchev–Trinajstić information content (AvgIpc) is 2.76. The van der Waals surface area contributed by atoms with Crippen molar-refractivity contribution in [2.24, 2.45) is 0 Å². The SMILES string of the molecule is Cc1cccc(C(=O)c2c[nH]c(C=O)c2)c1. The van der Waals surface area contributed by atoms with E-state index < -0.39 is 0 Å². The van der Waals surface area contributed by atoms with Gasteiger partial charge in [0.1, 0.15) is 0 Å². The van der Waals surface area contributed by atoms with Gasteiger partial charge in [0.05, 0.1) is 5.69 Å². The van der Waals surface area contributed by atoms with Crippen LogP contribution in [0.3, 0.4) is 0 Å². The molecule has 0 aliphatic rings. The van der Waals surface area contributed by atoms with Crippen molar-refractivity contribution in [1.29, 1.82) is 0 Å². The van der Waals surface area contributed by atoms with Gasteiger partial charge < -0.3 is 4.98 Å². The van der Waals surface area contributed by atoms with Crippen molar-refractivity contribution in [2.75, 3.05) is 0 Å². The van der Waals surface area contributed by atoms with Crippen molar-refractivity contribution in [1.82, 2.24) is 4.98 Å². The molecule has 0 unspecified atom stereocenters. The molecule has 2 aromatic rings. The minimum absolute atomic E-state index is 0.0759. The van der Waals surface area contributed by atoms with E-state index in [0.29, 0.717) is 23.1 Å². The Bertz CT molecular complexity index is 540. The number of benzene rings is 1. The zero-order valence-corrected chi connectivity index (χ0v) is 8.86. The molecule has 0 amide bonds. The summed E-state index contributed by atoms with van der Waals surface area (Å²) in [5.41, 5.74) is 2.59. The monoisotopic (exact) mass is 213 g/mol. The number of carbonyl (C=O) groups is 2. The molecule has 16 heavy (non-hydrogen) atoms. The van der Waals surface area contributed by atoms with Crippen molar-refractivity contribution in [2.45, 2.75) is 6.92 Å². The van der Waals surface area contributed by atoms with Gasteiger partial charge in [-0.2, -0.15) is 0 Å². The Labute approximate surface area is 93.1 Å². The molecule has 2 rings (SSSR count). The Morgan fingerprint density at radius 1 is 1.25 bits per heavy atom. The molecule has 1 aromatic carbocycles. The molecule has 1 heterocycles. The van der Waals surface area contributed by atoms with Gasteiger partial charge >= 0.3 is 0 Å². The topological polar surface area (TPSA) is 49.9 Å². The molecule has 3 nitrogen and oxygen atoms in total. The molecule has 0 saturated heterocycles. The number of rotatable bonds is 3. The van der Waals surface area contributed by atoms with Gasteiger partial charge in [-0.3, -0.25) is 9.59 Å². The molecule has 1 aromatic heterocycles. The van der Waals surface area contributed by atoms with Gasteiger partial charge in [-0.1, -0.05) is 23.8 Å². The Morgan fingerprint density at radius 2 is 2.06 bits per heavy atom. The van der Waals surface area contributed by atoms with Crippen LogP contribution in [0.2, 0.25) is 0 Å². The first-order chi connectivity index (χ1) is 7.70. The van der Waals surface area contributed by atoms with E-state index in [1.165, 1.54) is 0 Å². The van der Waals surface area contributed by atoms with Crippen LogP contribution in [0.4, 0.5) is 0 Å². The largest absolute Gasteiger partial charge is 0.358 e. The number of hydrogen-bond donors (Lipinski definition) is 1. The number of aromatic amines is 1. The fourth-order valence-corrected chi connectivity index (χ4v) is 1.56. The minimum Gasteiger partial charge on any atom is -0.358 e. The molecule has 0 bridgehead atoms. The highest BCUT2D eigenvalue weighted by molar-refractivity contribution is 6.09. The normalized spacial score (nSPS) is 10.1. The molecule has 0 atom stereocenters. The Morgan fingerprint density at radius 3 is 2.69 bits per heavy atom. The molecule has 0 aliphatic carbocycles. The van der Waals surface area contributed by atoms with Gasteiger partial charge in [-0.15, -0.1) is 0 Å². The fraction of sp³-hybridized carbons (Fsp3) is 0.0769. The van der Waals surface area contributed by atoms with Crippen LogP contribution in [0.1, 0.15) is 32.0 Å². The van der Waals surface area contributed by atoms with Gasteiger partial charge in [0.25, 0.3) is 0 Å². The summed E-state index contributed by atoms with van der Waals surface area (Å²) >= 11 is 0. The van der Waals surface area contributed by atoms with E-state index in [0.717, 1.165) is 5.56 Å². The highest BCUT2D eigenvalue weighted by Crippen LogP contribution is 2.12. The Kier molecular flexibility index (Phi) is 2.68. The number of aryl methyl sites for hydroxylation is 1. The van der Waals surface area contributed by atoms with E-state index in [4.69, 9.17) is 0 Å². The van der Waals surface area contributed by atoms with Gasteiger partial charge in [0.15, 0.2) is 12.1 Å². The summed E-state index contributed by atoms with van der Waals surface area (Å²) < 4.78 is 0. The number of carbonyl (C=O) groups excluding carboxylic acids is 2. The maximum absolute atomic E-state index is 12.0. The number of hydrogen-bond acceptors (Lipinski definition) is 2. The van der Waals surface area contributed by atoms with E-state index >= 15 is 0 Å². The Balaban J connectivity index is 2.35. The first-order valence-corrected chi connectivity index (χ1v) is 4.95. The fourth-order valence-electron chi connectivity index (χ4n) is 1.56. The van der Waals surface area contributed by atoms with E-state index in [1.54, 1.807) is 18.3 Å². The third-order valence-electron chi connectivity index (χ3n) is 2.37. The van der Waals surface area contributed by atoms with Crippen molar-refractivity contribution in [3.63, 3.8) is 0 Å². The second-order valence-electron chi connectivity index (χ2n) is 3.66. The van der Waals surface area contributed by atoms with Crippen LogP contribution >= 0.6 is 0 Å². The van der Waals surface area contributed by atoms with Crippen molar-refractivity contribution in [3.05, 3.63) is 58.9 Å². The van der Waals surface area contributed by atoms with Crippen LogP contribution in [0.25, 0.3) is 0 Å². The van der Waals surface area contributed by atoms with Crippen LogP contribution in [0, 0.1) is 6.92 Å². The minimum atomic E-state index is -0.0759. The second kappa shape index (κ2) is 4.14. The van der Waals surface area contributed by atoms with Crippen molar-refractivity contribution < 1.29 is 9.59 Å². The number of H-pyrrole nitrogens is 1. The number of aldehydes is 1. The van der Waals surface area contributed by atoms with E-state index in [-0.39, 0.29) is 5.78 Å². The summed E-state index contributed by atoms with van der Waals surface area (Å²) in [6, 6.07) is 8.93. The standard InChI is InChI=1S/C13H11NO2/c1-9-3-2-4-10(5-9)13(16)11-6-12(8-15)14-7-11/h2-8,14H,1H3. The number of nitrogens with one attached hydrogen (secondary N) is 1. The van der Waals surface area contributed by atoms with Gasteiger partial charge in [-0.05, 0) is 19.1 Å². The predicted octanol–water partition coefficient (Wildman–Crippen LogP) is 2.37. The molecule has 80 valence electrons. The highest BCUT2D eigenvalue weighted by atomic mass is 16.1. The van der Waals surface area contributed by atoms with Crippen molar-refractivity contribution in [3.8, 4) is 0 Å². The second-order valence-corrected chi connectivity index (χ2v) is 3.66. The van der Waals surface area contributed by atoms with Gasteiger partial charge in [0.2, 0.25) is 0 Å². The lowest BCUT2D eigenvalue weighted by Gasteiger charge is -1.99. The molecule has 0 fully saturated rings. The molecule has 0 spiro atoms. The first-order valence-electron chi connectivity index (χ1n) is 4.95. The summed E-state index contributed by atoms with van der Waals surface area (Å²) in [6.07, 6.45) is 2.24. The molecule has 0 radical (unpaired) electrons. The zero-order chi connectivity index (χ0) is 11.5. The lowest BCUT2D eigenvalue weighted by molar-refractivity contribution is 0.103. The zero-order valence-electron chi connectivity index (χ0n) is 8.86. The highest BCUT2D eigenvalue weighted by Gasteiger charge is 2.10. The van der Waals surface area contributed by atoms with E-state index in [2.05, 4.69) is 4.98 Å². The lowest BCUT2D eigenvalue weighted by atomic mass is 10.0. The maximum atomic E-state index is 12.0. The van der Waals surface area contributed by atoms with E-state index in [1.807, 2.05) is 25.1 Å². The number of ketones is 1. The third kappa shape index (κ3) is 1.93. The Hall–Kier alpha value is -2.16. The quantitative estimate of drug-likeness (QED) is 0.628. The summed E-state index contributed by atoms with van der Waals surface area (Å²) in [6.45, 7) is 1.94. The van der Waals surface area contributed by atoms with Crippen LogP contribution in [-0.4, -0.2) is 17.1 Å². The van der Waals surface area contributed by atoms with Gasteiger partial charge in [0, 0.05) is 17.3 Å². The van der Waals surface area contributed by atoms with E-state index in [9.17, 15) is 9.59 Å². The first kappa shape index (κ1) is 10.4. The summed E-state index contributed by atoms with van der Waals surface area (Å²) in [5, 5.41) is 0. The lowest BCUT2D eigenvalue weighted by Crippen LogP contribution is -1.99. The molecule has 1 N–H and O–H groups in total. The number of aromatic nitrogens is 1. The van der Waals surface area contributed by atoms with Crippen molar-refractivity contribution >= 4 is 12.1 Å². The third-order valence-corrected chi connectivity index (χ3v) is 2.37. The average molecular weight is 213 g/mol.